The van der Waals surface area contributed by atoms with Crippen LogP contribution < -0.4 is 5.32 Å². The van der Waals surface area contributed by atoms with Crippen LogP contribution >= 0.6 is 11.6 Å². The number of benzene rings is 3. The summed E-state index contributed by atoms with van der Waals surface area (Å²) in [7, 11) is 0. The van der Waals surface area contributed by atoms with Crippen molar-refractivity contribution < 1.29 is 9.32 Å². The van der Waals surface area contributed by atoms with Gasteiger partial charge in [-0.25, -0.2) is 0 Å². The summed E-state index contributed by atoms with van der Waals surface area (Å²) in [5.41, 5.74) is 3.40. The number of hydrogen-bond acceptors (Lipinski definition) is 4. The van der Waals surface area contributed by atoms with Gasteiger partial charge in [-0.15, -0.1) is 0 Å². The second-order valence-electron chi connectivity index (χ2n) is 7.02. The lowest BCUT2D eigenvalue weighted by atomic mass is 10.1. The highest BCUT2D eigenvalue weighted by molar-refractivity contribution is 6.33. The van der Waals surface area contributed by atoms with Gasteiger partial charge >= 0.3 is 0 Å². The van der Waals surface area contributed by atoms with Crippen LogP contribution in [0, 0.1) is 6.92 Å². The minimum Gasteiger partial charge on any atom is -0.340 e. The van der Waals surface area contributed by atoms with E-state index >= 15 is 0 Å². The van der Waals surface area contributed by atoms with Gasteiger partial charge in [0.1, 0.15) is 6.04 Å². The summed E-state index contributed by atoms with van der Waals surface area (Å²) in [6.07, 6.45) is 0.506. The van der Waals surface area contributed by atoms with Crippen molar-refractivity contribution in [2.24, 2.45) is 0 Å². The number of carbonyl (C=O) groups excluding carboxylic acids is 1. The van der Waals surface area contributed by atoms with Crippen LogP contribution in [-0.2, 0) is 6.42 Å². The summed E-state index contributed by atoms with van der Waals surface area (Å²) in [6.45, 7) is 2.01. The van der Waals surface area contributed by atoms with Crippen molar-refractivity contribution in [2.75, 3.05) is 0 Å². The minimum atomic E-state index is -0.498. The lowest BCUT2D eigenvalue weighted by Gasteiger charge is -2.16. The first-order chi connectivity index (χ1) is 14.6. The lowest BCUT2D eigenvalue weighted by Crippen LogP contribution is -2.30. The normalized spacial score (nSPS) is 11.8. The molecule has 0 bridgehead atoms. The van der Waals surface area contributed by atoms with Crippen LogP contribution in [0.25, 0.3) is 11.4 Å². The maximum Gasteiger partial charge on any atom is 0.253 e. The number of nitrogens with one attached hydrogen (secondary N) is 1. The van der Waals surface area contributed by atoms with Gasteiger partial charge in [0, 0.05) is 12.0 Å². The van der Waals surface area contributed by atoms with Gasteiger partial charge in [0.05, 0.1) is 10.6 Å². The highest BCUT2D eigenvalue weighted by atomic mass is 35.5. The van der Waals surface area contributed by atoms with Crippen molar-refractivity contribution >= 4 is 17.5 Å². The van der Waals surface area contributed by atoms with E-state index in [1.807, 2.05) is 61.5 Å². The van der Waals surface area contributed by atoms with Crippen LogP contribution in [0.15, 0.2) is 83.4 Å². The van der Waals surface area contributed by atoms with Crippen molar-refractivity contribution in [3.05, 3.63) is 106 Å². The molecule has 1 atom stereocenters. The van der Waals surface area contributed by atoms with Gasteiger partial charge in [-0.1, -0.05) is 83.0 Å². The molecule has 5 nitrogen and oxygen atoms in total. The van der Waals surface area contributed by atoms with E-state index in [1.165, 1.54) is 0 Å². The lowest BCUT2D eigenvalue weighted by molar-refractivity contribution is 0.0928. The van der Waals surface area contributed by atoms with Gasteiger partial charge in [-0.3, -0.25) is 4.79 Å². The number of hydrogen-bond donors (Lipinski definition) is 1. The molecule has 0 saturated heterocycles. The molecule has 30 heavy (non-hydrogen) atoms. The van der Waals surface area contributed by atoms with Crippen LogP contribution in [0.4, 0.5) is 0 Å². The maximum absolute atomic E-state index is 12.9. The summed E-state index contributed by atoms with van der Waals surface area (Å²) >= 11 is 6.20. The Labute approximate surface area is 179 Å². The second kappa shape index (κ2) is 8.93. The Bertz CT molecular complexity index is 1160. The Morgan fingerprint density at radius 2 is 1.80 bits per heavy atom. The van der Waals surface area contributed by atoms with E-state index in [0.717, 1.165) is 16.7 Å². The number of rotatable bonds is 6. The molecule has 0 fully saturated rings. The summed E-state index contributed by atoms with van der Waals surface area (Å²) < 4.78 is 5.55. The first kappa shape index (κ1) is 19.9. The quantitative estimate of drug-likeness (QED) is 0.455. The van der Waals surface area contributed by atoms with E-state index in [4.69, 9.17) is 16.1 Å². The SMILES string of the molecule is Cc1cccc(-c2noc([C@@H](Cc3ccccc3)NC(=O)c3ccccc3Cl)n2)c1. The van der Waals surface area contributed by atoms with Gasteiger partial charge in [-0.05, 0) is 30.7 Å². The van der Waals surface area contributed by atoms with Gasteiger partial charge in [0.25, 0.3) is 5.91 Å². The van der Waals surface area contributed by atoms with E-state index < -0.39 is 6.04 Å². The standard InChI is InChI=1S/C24H20ClN3O2/c1-16-8-7-11-18(14-16)22-27-24(30-28-22)21(15-17-9-3-2-4-10-17)26-23(29)19-12-5-6-13-20(19)25/h2-14,21H,15H2,1H3,(H,26,29)/t21-/m1/s1. The van der Waals surface area contributed by atoms with Gasteiger partial charge in [0.15, 0.2) is 0 Å². The van der Waals surface area contributed by atoms with Crippen molar-refractivity contribution in [3.63, 3.8) is 0 Å². The molecule has 1 amide bonds. The zero-order valence-corrected chi connectivity index (χ0v) is 17.1. The van der Waals surface area contributed by atoms with Crippen LogP contribution in [0.5, 0.6) is 0 Å². The van der Waals surface area contributed by atoms with E-state index in [1.54, 1.807) is 24.3 Å². The molecule has 3 aromatic carbocycles. The molecule has 1 N–H and O–H groups in total. The molecule has 4 aromatic rings. The number of aryl methyl sites for hydroxylation is 1. The Kier molecular flexibility index (Phi) is 5.91. The van der Waals surface area contributed by atoms with E-state index in [0.29, 0.717) is 28.7 Å². The summed E-state index contributed by atoms with van der Waals surface area (Å²) in [5.74, 6) is 0.534. The molecule has 1 heterocycles. The summed E-state index contributed by atoms with van der Waals surface area (Å²) in [6, 6.07) is 24.1. The Morgan fingerprint density at radius 3 is 2.57 bits per heavy atom. The molecule has 0 saturated carbocycles. The fraction of sp³-hybridized carbons (Fsp3) is 0.125. The molecule has 0 aliphatic heterocycles. The summed E-state index contributed by atoms with van der Waals surface area (Å²) in [5, 5.41) is 7.51. The molecule has 0 radical (unpaired) electrons. The van der Waals surface area contributed by atoms with Crippen molar-refractivity contribution in [3.8, 4) is 11.4 Å². The van der Waals surface area contributed by atoms with Crippen molar-refractivity contribution in [1.29, 1.82) is 0 Å². The Balaban J connectivity index is 1.64. The summed E-state index contributed by atoms with van der Waals surface area (Å²) in [4.78, 5) is 17.4. The molecule has 0 unspecified atom stereocenters. The first-order valence-corrected chi connectivity index (χ1v) is 9.98. The zero-order chi connectivity index (χ0) is 20.9. The van der Waals surface area contributed by atoms with Gasteiger partial charge < -0.3 is 9.84 Å². The maximum atomic E-state index is 12.9. The van der Waals surface area contributed by atoms with Crippen molar-refractivity contribution in [1.82, 2.24) is 15.5 Å². The fourth-order valence-corrected chi connectivity index (χ4v) is 3.43. The molecule has 0 aliphatic carbocycles. The third kappa shape index (κ3) is 4.58. The molecular weight excluding hydrogens is 398 g/mol. The molecule has 4 rings (SSSR count). The molecule has 0 spiro atoms. The third-order valence-corrected chi connectivity index (χ3v) is 5.05. The van der Waals surface area contributed by atoms with Crippen molar-refractivity contribution in [2.45, 2.75) is 19.4 Å². The highest BCUT2D eigenvalue weighted by Gasteiger charge is 2.23. The highest BCUT2D eigenvalue weighted by Crippen LogP contribution is 2.23. The smallest absolute Gasteiger partial charge is 0.253 e. The number of halogens is 1. The average Bonchev–Trinajstić information content (AvgIpc) is 3.25. The zero-order valence-electron chi connectivity index (χ0n) is 16.4. The average molecular weight is 418 g/mol. The predicted molar refractivity (Wildman–Crippen MR) is 116 cm³/mol. The third-order valence-electron chi connectivity index (χ3n) is 4.72. The number of carbonyl (C=O) groups is 1. The Hall–Kier alpha value is -3.44. The largest absolute Gasteiger partial charge is 0.340 e. The van der Waals surface area contributed by atoms with Gasteiger partial charge in [-0.2, -0.15) is 4.98 Å². The molecular formula is C24H20ClN3O2. The van der Waals surface area contributed by atoms with E-state index in [2.05, 4.69) is 15.5 Å². The number of amides is 1. The first-order valence-electron chi connectivity index (χ1n) is 9.60. The molecule has 150 valence electrons. The van der Waals surface area contributed by atoms with E-state index in [9.17, 15) is 4.79 Å². The van der Waals surface area contributed by atoms with Crippen LogP contribution in [0.2, 0.25) is 5.02 Å². The Morgan fingerprint density at radius 1 is 1.03 bits per heavy atom. The van der Waals surface area contributed by atoms with E-state index in [-0.39, 0.29) is 5.91 Å². The fourth-order valence-electron chi connectivity index (χ4n) is 3.21. The van der Waals surface area contributed by atoms with Crippen LogP contribution in [0.3, 0.4) is 0 Å². The molecule has 1 aromatic heterocycles. The van der Waals surface area contributed by atoms with Crippen LogP contribution in [0.1, 0.15) is 33.4 Å². The number of aromatic nitrogens is 2. The van der Waals surface area contributed by atoms with Gasteiger partial charge in [0.2, 0.25) is 11.7 Å². The monoisotopic (exact) mass is 417 g/mol. The van der Waals surface area contributed by atoms with Crippen LogP contribution in [-0.4, -0.2) is 16.0 Å². The topological polar surface area (TPSA) is 68.0 Å². The number of nitrogens with zero attached hydrogens (tertiary/aromatic N) is 2. The molecule has 6 heteroatoms. The minimum absolute atomic E-state index is 0.295. The second-order valence-corrected chi connectivity index (χ2v) is 7.43. The predicted octanol–water partition coefficient (Wildman–Crippen LogP) is 5.41. The molecule has 0 aliphatic rings.